The van der Waals surface area contributed by atoms with Gasteiger partial charge in [0, 0.05) is 11.9 Å². The zero-order chi connectivity index (χ0) is 14.8. The number of aromatic nitrogens is 2. The van der Waals surface area contributed by atoms with Crippen LogP contribution in [0, 0.1) is 6.92 Å². The van der Waals surface area contributed by atoms with Gasteiger partial charge in [-0.25, -0.2) is 4.68 Å². The summed E-state index contributed by atoms with van der Waals surface area (Å²) >= 11 is 1.70. The van der Waals surface area contributed by atoms with E-state index in [1.165, 1.54) is 0 Å². The maximum Gasteiger partial charge on any atom is 0.154 e. The number of carbonyl (C=O) groups excluding carboxylic acids is 1. The smallest absolute Gasteiger partial charge is 0.154 e. The molecule has 1 aliphatic rings. The Morgan fingerprint density at radius 3 is 2.76 bits per heavy atom. The van der Waals surface area contributed by atoms with Gasteiger partial charge < -0.3 is 4.74 Å². The maximum atomic E-state index is 11.5. The molecule has 2 atom stereocenters. The number of benzene rings is 1. The van der Waals surface area contributed by atoms with Gasteiger partial charge in [0.2, 0.25) is 0 Å². The highest BCUT2D eigenvalue weighted by molar-refractivity contribution is 8.00. The van der Waals surface area contributed by atoms with Gasteiger partial charge >= 0.3 is 0 Å². The standard InChI is InChI=1S/C16H18N2O2S/c1-11-14(10-19)16(21-15-8-9-20-12(15)2)18(17-11)13-6-4-3-5-7-13/h3-7,10,12,15H,8-9H2,1-2H3. The molecular weight excluding hydrogens is 284 g/mol. The van der Waals surface area contributed by atoms with Crippen LogP contribution in [0.15, 0.2) is 35.4 Å². The summed E-state index contributed by atoms with van der Waals surface area (Å²) in [5.41, 5.74) is 2.42. The molecule has 2 unspecified atom stereocenters. The summed E-state index contributed by atoms with van der Waals surface area (Å²) in [4.78, 5) is 11.5. The predicted octanol–water partition coefficient (Wildman–Crippen LogP) is 3.26. The Bertz CT molecular complexity index is 639. The second-order valence-electron chi connectivity index (χ2n) is 5.19. The van der Waals surface area contributed by atoms with Crippen LogP contribution >= 0.6 is 11.8 Å². The van der Waals surface area contributed by atoms with Gasteiger partial charge in [-0.15, -0.1) is 0 Å². The SMILES string of the molecule is Cc1nn(-c2ccccc2)c(SC2CCOC2C)c1C=O. The van der Waals surface area contributed by atoms with Crippen molar-refractivity contribution >= 4 is 18.0 Å². The van der Waals surface area contributed by atoms with E-state index in [2.05, 4.69) is 12.0 Å². The van der Waals surface area contributed by atoms with E-state index in [-0.39, 0.29) is 6.10 Å². The number of ether oxygens (including phenoxy) is 1. The van der Waals surface area contributed by atoms with Crippen LogP contribution in [0.5, 0.6) is 0 Å². The minimum absolute atomic E-state index is 0.203. The Balaban J connectivity index is 2.02. The molecule has 1 aromatic heterocycles. The van der Waals surface area contributed by atoms with Crippen LogP contribution in [0.1, 0.15) is 29.4 Å². The van der Waals surface area contributed by atoms with Crippen molar-refractivity contribution in [1.29, 1.82) is 0 Å². The van der Waals surface area contributed by atoms with Gasteiger partial charge in [0.1, 0.15) is 5.03 Å². The first-order chi connectivity index (χ1) is 10.2. The molecule has 0 amide bonds. The van der Waals surface area contributed by atoms with Crippen molar-refractivity contribution in [1.82, 2.24) is 9.78 Å². The van der Waals surface area contributed by atoms with Crippen LogP contribution in [-0.2, 0) is 4.74 Å². The summed E-state index contributed by atoms with van der Waals surface area (Å²) in [6.07, 6.45) is 2.11. The van der Waals surface area contributed by atoms with Crippen LogP contribution in [0.2, 0.25) is 0 Å². The van der Waals surface area contributed by atoms with Gasteiger partial charge in [0.15, 0.2) is 6.29 Å². The number of carbonyl (C=O) groups is 1. The van der Waals surface area contributed by atoms with Crippen molar-refractivity contribution in [3.63, 3.8) is 0 Å². The van der Waals surface area contributed by atoms with Crippen LogP contribution in [0.4, 0.5) is 0 Å². The molecule has 21 heavy (non-hydrogen) atoms. The molecular formula is C16H18N2O2S. The van der Waals surface area contributed by atoms with Crippen LogP contribution in [-0.4, -0.2) is 34.0 Å². The molecule has 0 bridgehead atoms. The highest BCUT2D eigenvalue weighted by atomic mass is 32.2. The van der Waals surface area contributed by atoms with E-state index in [4.69, 9.17) is 4.74 Å². The van der Waals surface area contributed by atoms with Crippen LogP contribution in [0.3, 0.4) is 0 Å². The second kappa shape index (κ2) is 6.03. The summed E-state index contributed by atoms with van der Waals surface area (Å²) in [5.74, 6) is 0. The molecule has 0 N–H and O–H groups in total. The van der Waals surface area contributed by atoms with E-state index in [1.54, 1.807) is 11.8 Å². The van der Waals surface area contributed by atoms with Gasteiger partial charge in [-0.05, 0) is 32.4 Å². The third-order valence-corrected chi connectivity index (χ3v) is 5.29. The zero-order valence-electron chi connectivity index (χ0n) is 12.2. The number of aldehydes is 1. The Labute approximate surface area is 128 Å². The first kappa shape index (κ1) is 14.4. The number of para-hydroxylation sites is 1. The van der Waals surface area contributed by atoms with Crippen molar-refractivity contribution in [3.8, 4) is 5.69 Å². The average Bonchev–Trinajstić information content (AvgIpc) is 3.04. The number of nitrogens with zero attached hydrogens (tertiary/aromatic N) is 2. The lowest BCUT2D eigenvalue weighted by Crippen LogP contribution is -2.14. The molecule has 3 rings (SSSR count). The lowest BCUT2D eigenvalue weighted by Gasteiger charge is -2.15. The lowest BCUT2D eigenvalue weighted by molar-refractivity contribution is 0.111. The predicted molar refractivity (Wildman–Crippen MR) is 83.4 cm³/mol. The quantitative estimate of drug-likeness (QED) is 0.813. The van der Waals surface area contributed by atoms with Crippen LogP contribution < -0.4 is 0 Å². The molecule has 5 heteroatoms. The molecule has 110 valence electrons. The van der Waals surface area contributed by atoms with E-state index in [1.807, 2.05) is 41.9 Å². The Morgan fingerprint density at radius 1 is 1.38 bits per heavy atom. The zero-order valence-corrected chi connectivity index (χ0v) is 13.0. The molecule has 0 saturated carbocycles. The Hall–Kier alpha value is -1.59. The molecule has 4 nitrogen and oxygen atoms in total. The maximum absolute atomic E-state index is 11.5. The van der Waals surface area contributed by atoms with E-state index in [0.29, 0.717) is 10.8 Å². The molecule has 1 fully saturated rings. The molecule has 1 aromatic carbocycles. The second-order valence-corrected chi connectivity index (χ2v) is 6.42. The topological polar surface area (TPSA) is 44.1 Å². The monoisotopic (exact) mass is 302 g/mol. The third kappa shape index (κ3) is 2.76. The summed E-state index contributed by atoms with van der Waals surface area (Å²) in [7, 11) is 0. The van der Waals surface area contributed by atoms with Crippen molar-refractivity contribution in [2.75, 3.05) is 6.61 Å². The number of thioether (sulfide) groups is 1. The highest BCUT2D eigenvalue weighted by Gasteiger charge is 2.28. The summed E-state index contributed by atoms with van der Waals surface area (Å²) < 4.78 is 7.49. The summed E-state index contributed by atoms with van der Waals surface area (Å²) in [6, 6.07) is 9.92. The van der Waals surface area contributed by atoms with Crippen LogP contribution in [0.25, 0.3) is 5.69 Å². The first-order valence-corrected chi connectivity index (χ1v) is 7.97. The van der Waals surface area contributed by atoms with Gasteiger partial charge in [-0.3, -0.25) is 4.79 Å². The van der Waals surface area contributed by atoms with E-state index < -0.39 is 0 Å². The number of rotatable bonds is 4. The lowest BCUT2D eigenvalue weighted by atomic mass is 10.2. The fraction of sp³-hybridized carbons (Fsp3) is 0.375. The minimum atomic E-state index is 0.203. The van der Waals surface area contributed by atoms with E-state index in [9.17, 15) is 4.79 Å². The first-order valence-electron chi connectivity index (χ1n) is 7.09. The Morgan fingerprint density at radius 2 is 2.14 bits per heavy atom. The molecule has 0 spiro atoms. The van der Waals surface area contributed by atoms with Crippen molar-refractivity contribution in [2.24, 2.45) is 0 Å². The van der Waals surface area contributed by atoms with Gasteiger partial charge in [0.05, 0.1) is 23.0 Å². The third-order valence-electron chi connectivity index (χ3n) is 3.75. The fourth-order valence-electron chi connectivity index (χ4n) is 2.52. The van der Waals surface area contributed by atoms with E-state index >= 15 is 0 Å². The van der Waals surface area contributed by atoms with Gasteiger partial charge in [0.25, 0.3) is 0 Å². The fourth-order valence-corrected chi connectivity index (χ4v) is 3.86. The largest absolute Gasteiger partial charge is 0.377 e. The number of aryl methyl sites for hydroxylation is 1. The van der Waals surface area contributed by atoms with E-state index in [0.717, 1.165) is 35.7 Å². The van der Waals surface area contributed by atoms with Crippen molar-refractivity contribution in [3.05, 3.63) is 41.6 Å². The minimum Gasteiger partial charge on any atom is -0.377 e. The Kier molecular flexibility index (Phi) is 4.12. The molecule has 2 aromatic rings. The van der Waals surface area contributed by atoms with Crippen molar-refractivity contribution < 1.29 is 9.53 Å². The molecule has 0 radical (unpaired) electrons. The van der Waals surface area contributed by atoms with Gasteiger partial charge in [-0.2, -0.15) is 5.10 Å². The van der Waals surface area contributed by atoms with Crippen molar-refractivity contribution in [2.45, 2.75) is 36.6 Å². The summed E-state index contributed by atoms with van der Waals surface area (Å²) in [5, 5.41) is 5.82. The number of hydrogen-bond acceptors (Lipinski definition) is 4. The highest BCUT2D eigenvalue weighted by Crippen LogP contribution is 2.36. The summed E-state index contributed by atoms with van der Waals surface area (Å²) in [6.45, 7) is 4.75. The van der Waals surface area contributed by atoms with Gasteiger partial charge in [-0.1, -0.05) is 30.0 Å². The average molecular weight is 302 g/mol. The molecule has 0 aliphatic carbocycles. The normalized spacial score (nSPS) is 21.6. The molecule has 1 saturated heterocycles. The molecule has 2 heterocycles. The molecule has 1 aliphatic heterocycles. The number of hydrogen-bond donors (Lipinski definition) is 0.